The van der Waals surface area contributed by atoms with Crippen LogP contribution in [0.15, 0.2) is 24.4 Å². The minimum absolute atomic E-state index is 0.00231. The Bertz CT molecular complexity index is 376. The van der Waals surface area contributed by atoms with E-state index in [9.17, 15) is 5.11 Å². The molecule has 0 aromatic heterocycles. The van der Waals surface area contributed by atoms with Gasteiger partial charge in [-0.2, -0.15) is 0 Å². The zero-order valence-electron chi connectivity index (χ0n) is 7.12. The monoisotopic (exact) mass is 196 g/mol. The molecule has 13 heavy (non-hydrogen) atoms. The van der Waals surface area contributed by atoms with Gasteiger partial charge in [0, 0.05) is 22.9 Å². The minimum atomic E-state index is 0.00231. The summed E-state index contributed by atoms with van der Waals surface area (Å²) in [5.74, 6) is 0.00231. The highest BCUT2D eigenvalue weighted by molar-refractivity contribution is 6.30. The first-order valence-electron chi connectivity index (χ1n) is 3.92. The molecule has 0 saturated carbocycles. The van der Waals surface area contributed by atoms with Crippen LogP contribution in [0.3, 0.4) is 0 Å². The number of hydrogen-bond acceptors (Lipinski definition) is 2. The highest BCUT2D eigenvalue weighted by Crippen LogP contribution is 2.23. The molecule has 1 aliphatic heterocycles. The highest BCUT2D eigenvalue weighted by atomic mass is 35.5. The largest absolute Gasteiger partial charge is 0.871 e. The van der Waals surface area contributed by atoms with Gasteiger partial charge in [-0.25, -0.2) is 10.4 Å². The van der Waals surface area contributed by atoms with E-state index >= 15 is 0 Å². The summed E-state index contributed by atoms with van der Waals surface area (Å²) in [4.78, 5) is 0. The summed E-state index contributed by atoms with van der Waals surface area (Å²) < 4.78 is 0. The third kappa shape index (κ3) is 1.48. The van der Waals surface area contributed by atoms with Gasteiger partial charge in [-0.15, -0.1) is 0 Å². The summed E-state index contributed by atoms with van der Waals surface area (Å²) in [6.07, 6.45) is 1.54. The van der Waals surface area contributed by atoms with E-state index in [0.29, 0.717) is 10.6 Å². The number of fused-ring (bicyclic) bond motifs is 1. The van der Waals surface area contributed by atoms with Gasteiger partial charge in [-0.3, -0.25) is 0 Å². The van der Waals surface area contributed by atoms with Crippen LogP contribution in [0.1, 0.15) is 5.56 Å². The van der Waals surface area contributed by atoms with E-state index in [2.05, 4.69) is 0 Å². The molecule has 1 aliphatic rings. The van der Waals surface area contributed by atoms with Crippen LogP contribution < -0.4 is 10.5 Å². The van der Waals surface area contributed by atoms with Gasteiger partial charge in [0.1, 0.15) is 0 Å². The molecule has 1 aromatic rings. The summed E-state index contributed by atoms with van der Waals surface area (Å²) in [6.45, 7) is 0. The number of halogens is 1. The topological polar surface area (TPSA) is 42.9 Å². The van der Waals surface area contributed by atoms with Crippen molar-refractivity contribution in [2.45, 2.75) is 0 Å². The molecule has 0 atom stereocenters. The molecule has 2 rings (SSSR count). The van der Waals surface area contributed by atoms with E-state index in [4.69, 9.17) is 11.6 Å². The van der Waals surface area contributed by atoms with Crippen LogP contribution in [0.5, 0.6) is 0 Å². The molecule has 3 nitrogen and oxygen atoms in total. The third-order valence-electron chi connectivity index (χ3n) is 1.94. The fourth-order valence-corrected chi connectivity index (χ4v) is 1.54. The average Bonchev–Trinajstić information content (AvgIpc) is 2.06. The summed E-state index contributed by atoms with van der Waals surface area (Å²) in [5, 5.41) is 13.8. The minimum Gasteiger partial charge on any atom is -0.871 e. The predicted octanol–water partition coefficient (Wildman–Crippen LogP) is 0.0540. The molecule has 0 fully saturated rings. The van der Waals surface area contributed by atoms with Crippen molar-refractivity contribution in [1.29, 1.82) is 0 Å². The lowest BCUT2D eigenvalue weighted by molar-refractivity contribution is -0.720. The van der Waals surface area contributed by atoms with Crippen LogP contribution in [0.2, 0.25) is 5.02 Å². The van der Waals surface area contributed by atoms with E-state index in [1.807, 2.05) is 18.5 Å². The Balaban J connectivity index is 2.54. The molecule has 68 valence electrons. The number of nitrogens with zero attached hydrogens (tertiary/aromatic N) is 1. The standard InChI is InChI=1S/C9H9ClN2O/c1-12-5-9(13)7-4-6(10)2-3-8(7)11-12/h2-5,11,13H,1H3. The maximum Gasteiger partial charge on any atom is 0.160 e. The molecule has 1 aromatic carbocycles. The Morgan fingerprint density at radius 3 is 3.00 bits per heavy atom. The Kier molecular flexibility index (Phi) is 1.90. The van der Waals surface area contributed by atoms with Crippen molar-refractivity contribution in [3.05, 3.63) is 35.0 Å². The van der Waals surface area contributed by atoms with E-state index < -0.39 is 0 Å². The molecule has 2 N–H and O–H groups in total. The van der Waals surface area contributed by atoms with Crippen molar-refractivity contribution >= 4 is 23.0 Å². The lowest BCUT2D eigenvalue weighted by Crippen LogP contribution is -2.87. The van der Waals surface area contributed by atoms with E-state index in [0.717, 1.165) is 5.69 Å². The van der Waals surface area contributed by atoms with Crippen molar-refractivity contribution in [1.82, 2.24) is 5.01 Å². The summed E-state index contributed by atoms with van der Waals surface area (Å²) in [7, 11) is 1.83. The molecule has 0 aliphatic carbocycles. The quantitative estimate of drug-likeness (QED) is 0.471. The number of hydrogen-bond donors (Lipinski definition) is 1. The van der Waals surface area contributed by atoms with E-state index in [1.165, 1.54) is 0 Å². The summed E-state index contributed by atoms with van der Waals surface area (Å²) in [6, 6.07) is 5.32. The number of rotatable bonds is 0. The van der Waals surface area contributed by atoms with Crippen LogP contribution in [-0.4, -0.2) is 12.1 Å². The second kappa shape index (κ2) is 2.94. The fourth-order valence-electron chi connectivity index (χ4n) is 1.37. The van der Waals surface area contributed by atoms with Gasteiger partial charge in [-0.05, 0) is 12.1 Å². The second-order valence-electron chi connectivity index (χ2n) is 3.02. The van der Waals surface area contributed by atoms with Crippen molar-refractivity contribution in [2.75, 3.05) is 7.05 Å². The SMILES string of the molecule is CN1C=C([O-])c2cc(Cl)ccc2[NH2+]1. The van der Waals surface area contributed by atoms with Gasteiger partial charge in [0.05, 0.1) is 7.05 Å². The zero-order valence-corrected chi connectivity index (χ0v) is 7.88. The molecule has 0 radical (unpaired) electrons. The highest BCUT2D eigenvalue weighted by Gasteiger charge is 2.13. The van der Waals surface area contributed by atoms with Gasteiger partial charge >= 0.3 is 0 Å². The van der Waals surface area contributed by atoms with E-state index in [1.54, 1.807) is 23.3 Å². The Labute approximate surface area is 81.2 Å². The summed E-state index contributed by atoms with van der Waals surface area (Å²) in [5.41, 5.74) is 3.48. The van der Waals surface area contributed by atoms with Crippen LogP contribution in [0, 0.1) is 0 Å². The number of benzene rings is 1. The third-order valence-corrected chi connectivity index (χ3v) is 2.18. The Hall–Kier alpha value is -1.19. The fraction of sp³-hybridized carbons (Fsp3) is 0.111. The number of nitrogens with two attached hydrogens (primary N) is 1. The van der Waals surface area contributed by atoms with Gasteiger partial charge < -0.3 is 5.11 Å². The van der Waals surface area contributed by atoms with Crippen molar-refractivity contribution in [2.24, 2.45) is 0 Å². The maximum absolute atomic E-state index is 11.5. The molecule has 0 amide bonds. The Morgan fingerprint density at radius 1 is 1.46 bits per heavy atom. The van der Waals surface area contributed by atoms with Crippen LogP contribution in [-0.2, 0) is 0 Å². The molecular formula is C9H9ClN2O. The van der Waals surface area contributed by atoms with E-state index in [-0.39, 0.29) is 5.76 Å². The van der Waals surface area contributed by atoms with Gasteiger partial charge in [-0.1, -0.05) is 17.4 Å². The lowest BCUT2D eigenvalue weighted by Gasteiger charge is -2.25. The van der Waals surface area contributed by atoms with Gasteiger partial charge in [0.2, 0.25) is 0 Å². The normalized spacial score (nSPS) is 15.2. The van der Waals surface area contributed by atoms with Gasteiger partial charge in [0.15, 0.2) is 5.69 Å². The average molecular weight is 197 g/mol. The predicted molar refractivity (Wildman–Crippen MR) is 48.8 cm³/mol. The molecule has 1 heterocycles. The smallest absolute Gasteiger partial charge is 0.160 e. The lowest BCUT2D eigenvalue weighted by atomic mass is 10.1. The number of quaternary nitrogens is 1. The molecule has 0 unspecified atom stereocenters. The molecular weight excluding hydrogens is 188 g/mol. The van der Waals surface area contributed by atoms with Crippen molar-refractivity contribution < 1.29 is 10.5 Å². The molecule has 0 bridgehead atoms. The Morgan fingerprint density at radius 2 is 2.23 bits per heavy atom. The molecule has 4 heteroatoms. The van der Waals surface area contributed by atoms with Crippen LogP contribution in [0.25, 0.3) is 5.76 Å². The van der Waals surface area contributed by atoms with Crippen LogP contribution in [0.4, 0.5) is 5.69 Å². The summed E-state index contributed by atoms with van der Waals surface area (Å²) >= 11 is 5.78. The first-order chi connectivity index (χ1) is 6.16. The van der Waals surface area contributed by atoms with Crippen molar-refractivity contribution in [3.8, 4) is 0 Å². The van der Waals surface area contributed by atoms with Gasteiger partial charge in [0.25, 0.3) is 0 Å². The first kappa shape index (κ1) is 8.41. The first-order valence-corrected chi connectivity index (χ1v) is 4.30. The van der Waals surface area contributed by atoms with Crippen LogP contribution >= 0.6 is 11.6 Å². The maximum atomic E-state index is 11.5. The second-order valence-corrected chi connectivity index (χ2v) is 3.46. The van der Waals surface area contributed by atoms with Crippen molar-refractivity contribution in [3.63, 3.8) is 0 Å². The zero-order chi connectivity index (χ0) is 9.42. The molecule has 0 saturated heterocycles. The molecule has 0 spiro atoms.